The highest BCUT2D eigenvalue weighted by molar-refractivity contribution is 5.96. The van der Waals surface area contributed by atoms with Crippen molar-refractivity contribution >= 4 is 18.2 Å². The molecule has 2 nitrogen and oxygen atoms in total. The maximum absolute atomic E-state index is 11.2. The molecular weight excluding hydrogens is 162 g/mol. The molecule has 1 aromatic carbocycles. The van der Waals surface area contributed by atoms with Crippen molar-refractivity contribution < 1.29 is 4.79 Å². The van der Waals surface area contributed by atoms with Gasteiger partial charge in [-0.25, -0.2) is 0 Å². The summed E-state index contributed by atoms with van der Waals surface area (Å²) in [7, 11) is 0. The average Bonchev–Trinajstić information content (AvgIpc) is 2.16. The second kappa shape index (κ2) is 3.99. The lowest BCUT2D eigenvalue weighted by Crippen LogP contribution is -1.97. The Labute approximate surface area is 78.3 Å². The number of rotatable bonds is 3. The second-order valence-corrected chi connectivity index (χ2v) is 2.91. The van der Waals surface area contributed by atoms with Crippen molar-refractivity contribution in [3.63, 3.8) is 0 Å². The summed E-state index contributed by atoms with van der Waals surface area (Å²) in [5.74, 6) is 0.0855. The molecule has 0 unspecified atom stereocenters. The van der Waals surface area contributed by atoms with E-state index >= 15 is 0 Å². The van der Waals surface area contributed by atoms with Crippen LogP contribution in [0, 0.1) is 0 Å². The SMILES string of the molecule is C=Nc1ccc(CC)c(C(C)=O)c1. The van der Waals surface area contributed by atoms with Crippen LogP contribution in [0.25, 0.3) is 0 Å². The van der Waals surface area contributed by atoms with Crippen LogP contribution in [0.15, 0.2) is 23.2 Å². The Morgan fingerprint density at radius 1 is 1.54 bits per heavy atom. The number of carbonyl (C=O) groups is 1. The van der Waals surface area contributed by atoms with Crippen molar-refractivity contribution in [2.75, 3.05) is 0 Å². The van der Waals surface area contributed by atoms with Crippen LogP contribution in [0.5, 0.6) is 0 Å². The molecule has 13 heavy (non-hydrogen) atoms. The minimum atomic E-state index is 0.0855. The largest absolute Gasteiger partial charge is 0.294 e. The van der Waals surface area contributed by atoms with E-state index in [1.165, 1.54) is 0 Å². The van der Waals surface area contributed by atoms with E-state index in [4.69, 9.17) is 0 Å². The molecule has 0 bridgehead atoms. The molecule has 0 heterocycles. The van der Waals surface area contributed by atoms with Gasteiger partial charge in [-0.3, -0.25) is 9.79 Å². The molecule has 0 aliphatic carbocycles. The average molecular weight is 175 g/mol. The number of hydrogen-bond acceptors (Lipinski definition) is 2. The number of carbonyl (C=O) groups excluding carboxylic acids is 1. The summed E-state index contributed by atoms with van der Waals surface area (Å²) in [6.07, 6.45) is 0.867. The van der Waals surface area contributed by atoms with Crippen molar-refractivity contribution in [3.05, 3.63) is 29.3 Å². The summed E-state index contributed by atoms with van der Waals surface area (Å²) in [4.78, 5) is 15.0. The van der Waals surface area contributed by atoms with Crippen molar-refractivity contribution in [2.24, 2.45) is 4.99 Å². The zero-order valence-corrected chi connectivity index (χ0v) is 8.00. The molecule has 0 amide bonds. The van der Waals surface area contributed by atoms with E-state index in [1.54, 1.807) is 13.0 Å². The van der Waals surface area contributed by atoms with E-state index < -0.39 is 0 Å². The van der Waals surface area contributed by atoms with Crippen molar-refractivity contribution in [3.8, 4) is 0 Å². The van der Waals surface area contributed by atoms with Crippen molar-refractivity contribution in [1.29, 1.82) is 0 Å². The number of Topliss-reactive ketones (excluding diaryl/α,β-unsaturated/α-hetero) is 1. The van der Waals surface area contributed by atoms with Crippen molar-refractivity contribution in [1.82, 2.24) is 0 Å². The number of ketones is 1. The van der Waals surface area contributed by atoms with E-state index in [2.05, 4.69) is 11.7 Å². The first-order chi connectivity index (χ1) is 6.19. The molecule has 0 N–H and O–H groups in total. The molecular formula is C11H13NO. The minimum absolute atomic E-state index is 0.0855. The second-order valence-electron chi connectivity index (χ2n) is 2.91. The summed E-state index contributed by atoms with van der Waals surface area (Å²) < 4.78 is 0. The van der Waals surface area contributed by atoms with Gasteiger partial charge in [-0.05, 0) is 37.8 Å². The topological polar surface area (TPSA) is 29.4 Å². The highest BCUT2D eigenvalue weighted by Crippen LogP contribution is 2.18. The molecule has 0 atom stereocenters. The molecule has 2 heteroatoms. The van der Waals surface area contributed by atoms with Gasteiger partial charge in [0.15, 0.2) is 5.78 Å². The van der Waals surface area contributed by atoms with Gasteiger partial charge in [0.2, 0.25) is 0 Å². The molecule has 0 aliphatic heterocycles. The molecule has 1 aromatic rings. The number of hydrogen-bond donors (Lipinski definition) is 0. The fourth-order valence-corrected chi connectivity index (χ4v) is 1.30. The molecule has 0 aliphatic rings. The Bertz CT molecular complexity index is 342. The van der Waals surface area contributed by atoms with Gasteiger partial charge in [0.05, 0.1) is 5.69 Å². The molecule has 0 saturated carbocycles. The first kappa shape index (κ1) is 9.65. The van der Waals surface area contributed by atoms with Crippen LogP contribution in [0.1, 0.15) is 29.8 Å². The van der Waals surface area contributed by atoms with E-state index in [-0.39, 0.29) is 5.78 Å². The van der Waals surface area contributed by atoms with Crippen LogP contribution in [0.3, 0.4) is 0 Å². The predicted molar refractivity (Wildman–Crippen MR) is 55.0 cm³/mol. The lowest BCUT2D eigenvalue weighted by Gasteiger charge is -2.04. The lowest BCUT2D eigenvalue weighted by molar-refractivity contribution is 0.101. The van der Waals surface area contributed by atoms with Gasteiger partial charge < -0.3 is 0 Å². The molecule has 0 fully saturated rings. The van der Waals surface area contributed by atoms with Gasteiger partial charge in [0.1, 0.15) is 0 Å². The normalized spacial score (nSPS) is 9.69. The van der Waals surface area contributed by atoms with E-state index in [0.29, 0.717) is 0 Å². The fraction of sp³-hybridized carbons (Fsp3) is 0.273. The van der Waals surface area contributed by atoms with Crippen molar-refractivity contribution in [2.45, 2.75) is 20.3 Å². The van der Waals surface area contributed by atoms with Gasteiger partial charge in [0, 0.05) is 5.56 Å². The third-order valence-corrected chi connectivity index (χ3v) is 2.04. The molecule has 0 radical (unpaired) electrons. The summed E-state index contributed by atoms with van der Waals surface area (Å²) in [6, 6.07) is 5.59. The monoisotopic (exact) mass is 175 g/mol. The number of aryl methyl sites for hydroxylation is 1. The van der Waals surface area contributed by atoms with Gasteiger partial charge in [-0.2, -0.15) is 0 Å². The molecule has 1 rings (SSSR count). The van der Waals surface area contributed by atoms with Crippen LogP contribution in [0.4, 0.5) is 5.69 Å². The van der Waals surface area contributed by atoms with Crippen LogP contribution in [-0.4, -0.2) is 12.5 Å². The zero-order chi connectivity index (χ0) is 9.84. The highest BCUT2D eigenvalue weighted by atomic mass is 16.1. The number of nitrogens with zero attached hydrogens (tertiary/aromatic N) is 1. The van der Waals surface area contributed by atoms with E-state index in [1.807, 2.05) is 19.1 Å². The van der Waals surface area contributed by atoms with E-state index in [9.17, 15) is 4.79 Å². The third-order valence-electron chi connectivity index (χ3n) is 2.04. The quantitative estimate of drug-likeness (QED) is 0.513. The Morgan fingerprint density at radius 2 is 2.23 bits per heavy atom. The maximum atomic E-state index is 11.2. The van der Waals surface area contributed by atoms with Gasteiger partial charge >= 0.3 is 0 Å². The minimum Gasteiger partial charge on any atom is -0.294 e. The Morgan fingerprint density at radius 3 is 2.69 bits per heavy atom. The zero-order valence-electron chi connectivity index (χ0n) is 8.00. The molecule has 68 valence electrons. The molecule has 0 spiro atoms. The summed E-state index contributed by atoms with van der Waals surface area (Å²) in [5.41, 5.74) is 2.58. The van der Waals surface area contributed by atoms with E-state index in [0.717, 1.165) is 23.2 Å². The number of aliphatic imine (C=N–C) groups is 1. The Hall–Kier alpha value is -1.44. The number of benzene rings is 1. The first-order valence-electron chi connectivity index (χ1n) is 4.29. The summed E-state index contributed by atoms with van der Waals surface area (Å²) in [6.45, 7) is 7.03. The molecule has 0 saturated heterocycles. The third kappa shape index (κ3) is 2.02. The van der Waals surface area contributed by atoms with Crippen LogP contribution >= 0.6 is 0 Å². The Balaban J connectivity index is 3.25. The maximum Gasteiger partial charge on any atom is 0.160 e. The lowest BCUT2D eigenvalue weighted by atomic mass is 10.0. The smallest absolute Gasteiger partial charge is 0.160 e. The van der Waals surface area contributed by atoms with Gasteiger partial charge in [0.25, 0.3) is 0 Å². The van der Waals surface area contributed by atoms with Crippen LogP contribution < -0.4 is 0 Å². The highest BCUT2D eigenvalue weighted by Gasteiger charge is 2.05. The van der Waals surface area contributed by atoms with Crippen LogP contribution in [0.2, 0.25) is 0 Å². The summed E-state index contributed by atoms with van der Waals surface area (Å²) in [5, 5.41) is 0. The standard InChI is InChI=1S/C11H13NO/c1-4-9-5-6-10(12-3)7-11(9)8(2)13/h5-7H,3-4H2,1-2H3. The predicted octanol–water partition coefficient (Wildman–Crippen LogP) is 2.78. The van der Waals surface area contributed by atoms with Crippen LogP contribution in [-0.2, 0) is 6.42 Å². The summed E-state index contributed by atoms with van der Waals surface area (Å²) >= 11 is 0. The fourth-order valence-electron chi connectivity index (χ4n) is 1.30. The van der Waals surface area contributed by atoms with Gasteiger partial charge in [-0.1, -0.05) is 13.0 Å². The first-order valence-corrected chi connectivity index (χ1v) is 4.29. The Kier molecular flexibility index (Phi) is 2.96. The molecule has 0 aromatic heterocycles. The van der Waals surface area contributed by atoms with Gasteiger partial charge in [-0.15, -0.1) is 0 Å².